The summed E-state index contributed by atoms with van der Waals surface area (Å²) in [5.41, 5.74) is 2.06. The smallest absolute Gasteiger partial charge is 0.223 e. The second-order valence-electron chi connectivity index (χ2n) is 4.41. The molecule has 0 aliphatic carbocycles. The van der Waals surface area contributed by atoms with E-state index in [0.717, 1.165) is 11.4 Å². The molecule has 4 heteroatoms. The number of nitrogens with zero attached hydrogens (tertiary/aromatic N) is 2. The zero-order valence-electron chi connectivity index (χ0n) is 10.7. The number of aryl methyl sites for hydroxylation is 1. The standard InChI is InChI=1S/C12H21N3O/c1-8(2)11-6-9(3)13-12(15-11)14-10(4)7-16-5/h6,8,10H,7H2,1-5H3,(H,13,14,15). The highest BCUT2D eigenvalue weighted by Gasteiger charge is 2.08. The lowest BCUT2D eigenvalue weighted by atomic mass is 10.1. The van der Waals surface area contributed by atoms with Crippen LogP contribution in [-0.4, -0.2) is 29.7 Å². The normalized spacial score (nSPS) is 12.9. The Kier molecular flexibility index (Phi) is 4.68. The van der Waals surface area contributed by atoms with Crippen LogP contribution in [0.3, 0.4) is 0 Å². The van der Waals surface area contributed by atoms with Gasteiger partial charge in [0.15, 0.2) is 0 Å². The predicted octanol–water partition coefficient (Wildman–Crippen LogP) is 2.36. The van der Waals surface area contributed by atoms with Gasteiger partial charge in [-0.15, -0.1) is 0 Å². The zero-order valence-corrected chi connectivity index (χ0v) is 10.7. The number of anilines is 1. The van der Waals surface area contributed by atoms with Crippen molar-refractivity contribution in [2.45, 2.75) is 39.7 Å². The maximum absolute atomic E-state index is 5.07. The van der Waals surface area contributed by atoms with Crippen molar-refractivity contribution in [3.8, 4) is 0 Å². The predicted molar refractivity (Wildman–Crippen MR) is 65.8 cm³/mol. The van der Waals surface area contributed by atoms with Gasteiger partial charge in [0.1, 0.15) is 0 Å². The van der Waals surface area contributed by atoms with Crippen molar-refractivity contribution < 1.29 is 4.74 Å². The summed E-state index contributed by atoms with van der Waals surface area (Å²) in [6.45, 7) is 8.94. The van der Waals surface area contributed by atoms with Crippen LogP contribution >= 0.6 is 0 Å². The molecule has 4 nitrogen and oxygen atoms in total. The van der Waals surface area contributed by atoms with Gasteiger partial charge in [-0.1, -0.05) is 13.8 Å². The van der Waals surface area contributed by atoms with E-state index in [0.29, 0.717) is 18.5 Å². The molecule has 0 radical (unpaired) electrons. The minimum Gasteiger partial charge on any atom is -0.383 e. The molecule has 0 aliphatic rings. The third-order valence-electron chi connectivity index (χ3n) is 2.26. The fraction of sp³-hybridized carbons (Fsp3) is 0.667. The summed E-state index contributed by atoms with van der Waals surface area (Å²) in [5, 5.41) is 3.23. The highest BCUT2D eigenvalue weighted by Crippen LogP contribution is 2.14. The van der Waals surface area contributed by atoms with Gasteiger partial charge >= 0.3 is 0 Å². The maximum atomic E-state index is 5.07. The van der Waals surface area contributed by atoms with Crippen LogP contribution in [0.2, 0.25) is 0 Å². The van der Waals surface area contributed by atoms with Gasteiger partial charge in [0.05, 0.1) is 6.61 Å². The summed E-state index contributed by atoms with van der Waals surface area (Å²) in [4.78, 5) is 8.84. The number of methoxy groups -OCH3 is 1. The fourth-order valence-electron chi connectivity index (χ4n) is 1.47. The molecule has 0 aliphatic heterocycles. The number of hydrogen-bond acceptors (Lipinski definition) is 4. The van der Waals surface area contributed by atoms with Gasteiger partial charge in [-0.05, 0) is 25.8 Å². The first-order chi connectivity index (χ1) is 7.52. The number of nitrogens with one attached hydrogen (secondary N) is 1. The van der Waals surface area contributed by atoms with Gasteiger partial charge in [-0.3, -0.25) is 0 Å². The Morgan fingerprint density at radius 2 is 2.00 bits per heavy atom. The van der Waals surface area contributed by atoms with Crippen LogP contribution in [0.25, 0.3) is 0 Å². The second-order valence-corrected chi connectivity index (χ2v) is 4.41. The Balaban J connectivity index is 2.80. The summed E-state index contributed by atoms with van der Waals surface area (Å²) in [6, 6.07) is 2.24. The monoisotopic (exact) mass is 223 g/mol. The highest BCUT2D eigenvalue weighted by atomic mass is 16.5. The Bertz CT molecular complexity index is 339. The van der Waals surface area contributed by atoms with Crippen LogP contribution in [0.1, 0.15) is 38.1 Å². The molecule has 0 aromatic carbocycles. The quantitative estimate of drug-likeness (QED) is 0.832. The topological polar surface area (TPSA) is 47.0 Å². The average Bonchev–Trinajstić information content (AvgIpc) is 2.16. The van der Waals surface area contributed by atoms with E-state index in [2.05, 4.69) is 29.1 Å². The molecule has 0 saturated heterocycles. The van der Waals surface area contributed by atoms with Crippen LogP contribution in [0.4, 0.5) is 5.95 Å². The molecular formula is C12H21N3O. The van der Waals surface area contributed by atoms with Crippen LogP contribution in [0.15, 0.2) is 6.07 Å². The molecule has 0 spiro atoms. The van der Waals surface area contributed by atoms with Gasteiger partial charge in [-0.2, -0.15) is 0 Å². The second kappa shape index (κ2) is 5.80. The van der Waals surface area contributed by atoms with Gasteiger partial charge in [0.2, 0.25) is 5.95 Å². The summed E-state index contributed by atoms with van der Waals surface area (Å²) < 4.78 is 5.07. The number of ether oxygens (including phenoxy) is 1. The summed E-state index contributed by atoms with van der Waals surface area (Å²) in [7, 11) is 1.69. The molecule has 90 valence electrons. The summed E-state index contributed by atoms with van der Waals surface area (Å²) in [6.07, 6.45) is 0. The molecule has 1 heterocycles. The number of hydrogen-bond donors (Lipinski definition) is 1. The Morgan fingerprint density at radius 3 is 2.56 bits per heavy atom. The van der Waals surface area contributed by atoms with E-state index in [1.165, 1.54) is 0 Å². The van der Waals surface area contributed by atoms with Gasteiger partial charge in [0.25, 0.3) is 0 Å². The third-order valence-corrected chi connectivity index (χ3v) is 2.26. The number of aromatic nitrogens is 2. The molecule has 0 bridgehead atoms. The van der Waals surface area contributed by atoms with Crippen molar-refractivity contribution in [1.82, 2.24) is 9.97 Å². The largest absolute Gasteiger partial charge is 0.383 e. The molecular weight excluding hydrogens is 202 g/mol. The van der Waals surface area contributed by atoms with E-state index in [9.17, 15) is 0 Å². The SMILES string of the molecule is COCC(C)Nc1nc(C)cc(C(C)C)n1. The van der Waals surface area contributed by atoms with Crippen molar-refractivity contribution in [2.24, 2.45) is 0 Å². The lowest BCUT2D eigenvalue weighted by Gasteiger charge is -2.14. The average molecular weight is 223 g/mol. The molecule has 1 rings (SSSR count). The van der Waals surface area contributed by atoms with E-state index in [1.54, 1.807) is 7.11 Å². The van der Waals surface area contributed by atoms with Crippen LogP contribution in [-0.2, 0) is 4.74 Å². The van der Waals surface area contributed by atoms with Crippen molar-refractivity contribution in [3.63, 3.8) is 0 Å². The van der Waals surface area contributed by atoms with Crippen molar-refractivity contribution in [3.05, 3.63) is 17.5 Å². The van der Waals surface area contributed by atoms with Gasteiger partial charge in [0, 0.05) is 24.5 Å². The van der Waals surface area contributed by atoms with E-state index < -0.39 is 0 Å². The Morgan fingerprint density at radius 1 is 1.31 bits per heavy atom. The summed E-state index contributed by atoms with van der Waals surface area (Å²) >= 11 is 0. The first-order valence-corrected chi connectivity index (χ1v) is 5.64. The summed E-state index contributed by atoms with van der Waals surface area (Å²) in [5.74, 6) is 1.10. The molecule has 1 atom stereocenters. The minimum atomic E-state index is 0.215. The van der Waals surface area contributed by atoms with Crippen molar-refractivity contribution in [2.75, 3.05) is 19.0 Å². The van der Waals surface area contributed by atoms with Crippen LogP contribution < -0.4 is 5.32 Å². The number of rotatable bonds is 5. The van der Waals surface area contributed by atoms with Crippen molar-refractivity contribution >= 4 is 5.95 Å². The molecule has 0 amide bonds. The Hall–Kier alpha value is -1.16. The lowest BCUT2D eigenvalue weighted by Crippen LogP contribution is -2.22. The van der Waals surface area contributed by atoms with E-state index in [1.807, 2.05) is 19.9 Å². The Labute approximate surface area is 97.5 Å². The molecule has 1 unspecified atom stereocenters. The van der Waals surface area contributed by atoms with Gasteiger partial charge in [-0.25, -0.2) is 9.97 Å². The van der Waals surface area contributed by atoms with Crippen molar-refractivity contribution in [1.29, 1.82) is 0 Å². The first kappa shape index (κ1) is 12.9. The van der Waals surface area contributed by atoms with Gasteiger partial charge < -0.3 is 10.1 Å². The first-order valence-electron chi connectivity index (χ1n) is 5.64. The maximum Gasteiger partial charge on any atom is 0.223 e. The zero-order chi connectivity index (χ0) is 12.1. The van der Waals surface area contributed by atoms with Crippen LogP contribution in [0, 0.1) is 6.92 Å². The minimum absolute atomic E-state index is 0.215. The van der Waals surface area contributed by atoms with Crippen LogP contribution in [0.5, 0.6) is 0 Å². The van der Waals surface area contributed by atoms with E-state index >= 15 is 0 Å². The molecule has 1 aromatic heterocycles. The van der Waals surface area contributed by atoms with E-state index in [-0.39, 0.29) is 6.04 Å². The fourth-order valence-corrected chi connectivity index (χ4v) is 1.47. The molecule has 1 aromatic rings. The molecule has 0 saturated carbocycles. The molecule has 1 N–H and O–H groups in total. The molecule has 0 fully saturated rings. The third kappa shape index (κ3) is 3.77. The molecule has 16 heavy (non-hydrogen) atoms. The highest BCUT2D eigenvalue weighted by molar-refractivity contribution is 5.30. The lowest BCUT2D eigenvalue weighted by molar-refractivity contribution is 0.190. The van der Waals surface area contributed by atoms with E-state index in [4.69, 9.17) is 4.74 Å².